The largest absolute Gasteiger partial charge is 0.395 e. The SMILES string of the molecule is C/C(Cl)=C/Cn1c(N2CCN(CCO)CC2)nc2c1c(=O)[nH]c(=O)n2C. The number of nitrogens with zero attached hydrogens (tertiary/aromatic N) is 5. The number of β-amino-alcohol motifs (C(OH)–C–C–N with tert-alkyl or cyclic N) is 1. The fraction of sp³-hybridized carbons (Fsp3) is 0.562. The minimum atomic E-state index is -0.490. The van der Waals surface area contributed by atoms with Gasteiger partial charge in [-0.15, -0.1) is 0 Å². The number of aliphatic hydroxyl groups is 1. The lowest BCUT2D eigenvalue weighted by molar-refractivity contribution is 0.188. The van der Waals surface area contributed by atoms with E-state index in [1.165, 1.54) is 4.57 Å². The van der Waals surface area contributed by atoms with Gasteiger partial charge in [-0.1, -0.05) is 17.7 Å². The normalized spacial score (nSPS) is 16.6. The fourth-order valence-corrected chi connectivity index (χ4v) is 3.24. The molecule has 3 heterocycles. The number of hydrogen-bond acceptors (Lipinski definition) is 6. The number of anilines is 1. The van der Waals surface area contributed by atoms with Crippen molar-refractivity contribution >= 4 is 28.7 Å². The Balaban J connectivity index is 2.07. The first kappa shape index (κ1) is 18.7. The summed E-state index contributed by atoms with van der Waals surface area (Å²) < 4.78 is 3.14. The van der Waals surface area contributed by atoms with Crippen LogP contribution in [0.15, 0.2) is 20.7 Å². The van der Waals surface area contributed by atoms with E-state index in [0.29, 0.717) is 35.2 Å². The van der Waals surface area contributed by atoms with Gasteiger partial charge in [0, 0.05) is 51.3 Å². The first-order valence-corrected chi connectivity index (χ1v) is 8.90. The molecule has 2 N–H and O–H groups in total. The second kappa shape index (κ2) is 7.65. The molecule has 0 bridgehead atoms. The molecule has 3 rings (SSSR count). The molecule has 0 spiro atoms. The molecule has 2 aromatic rings. The summed E-state index contributed by atoms with van der Waals surface area (Å²) in [7, 11) is 1.59. The van der Waals surface area contributed by atoms with Crippen LogP contribution in [0.5, 0.6) is 0 Å². The van der Waals surface area contributed by atoms with Gasteiger partial charge in [0.25, 0.3) is 5.56 Å². The highest BCUT2D eigenvalue weighted by Crippen LogP contribution is 2.21. The molecule has 1 aliphatic heterocycles. The highest BCUT2D eigenvalue weighted by molar-refractivity contribution is 6.29. The monoisotopic (exact) mass is 382 g/mol. The van der Waals surface area contributed by atoms with E-state index < -0.39 is 11.2 Å². The average Bonchev–Trinajstić information content (AvgIpc) is 2.99. The van der Waals surface area contributed by atoms with E-state index in [1.807, 2.05) is 0 Å². The number of aliphatic hydroxyl groups excluding tert-OH is 1. The van der Waals surface area contributed by atoms with Crippen LogP contribution in [0.25, 0.3) is 11.2 Å². The van der Waals surface area contributed by atoms with Gasteiger partial charge in [-0.05, 0) is 6.92 Å². The maximum atomic E-state index is 12.4. The number of aromatic nitrogens is 4. The zero-order valence-electron chi connectivity index (χ0n) is 14.9. The number of nitrogens with one attached hydrogen (secondary N) is 1. The van der Waals surface area contributed by atoms with Crippen molar-refractivity contribution in [3.05, 3.63) is 31.9 Å². The Labute approximate surface area is 155 Å². The smallest absolute Gasteiger partial charge is 0.329 e. The number of halogens is 1. The van der Waals surface area contributed by atoms with Gasteiger partial charge in [0.15, 0.2) is 11.2 Å². The first-order valence-electron chi connectivity index (χ1n) is 8.52. The Bertz CT molecular complexity index is 932. The lowest BCUT2D eigenvalue weighted by Crippen LogP contribution is -2.48. The summed E-state index contributed by atoms with van der Waals surface area (Å²) >= 11 is 5.98. The number of hydrogen-bond donors (Lipinski definition) is 2. The van der Waals surface area contributed by atoms with E-state index in [2.05, 4.69) is 19.8 Å². The number of rotatable bonds is 5. The molecule has 26 heavy (non-hydrogen) atoms. The van der Waals surface area contributed by atoms with Crippen LogP contribution in [0, 0.1) is 0 Å². The molecule has 0 saturated carbocycles. The molecule has 0 atom stereocenters. The molecule has 1 saturated heterocycles. The van der Waals surface area contributed by atoms with Gasteiger partial charge in [0.2, 0.25) is 5.95 Å². The summed E-state index contributed by atoms with van der Waals surface area (Å²) in [5, 5.41) is 9.71. The van der Waals surface area contributed by atoms with Crippen LogP contribution >= 0.6 is 11.6 Å². The van der Waals surface area contributed by atoms with E-state index >= 15 is 0 Å². The third kappa shape index (κ3) is 3.55. The molecule has 142 valence electrons. The van der Waals surface area contributed by atoms with Crippen LogP contribution in [0.3, 0.4) is 0 Å². The van der Waals surface area contributed by atoms with E-state index in [1.54, 1.807) is 24.6 Å². The summed E-state index contributed by atoms with van der Waals surface area (Å²) in [6.07, 6.45) is 1.80. The Hall–Kier alpha value is -2.10. The van der Waals surface area contributed by atoms with Gasteiger partial charge in [-0.3, -0.25) is 19.2 Å². The van der Waals surface area contributed by atoms with E-state index in [9.17, 15) is 9.59 Å². The van der Waals surface area contributed by atoms with Gasteiger partial charge in [-0.25, -0.2) is 4.79 Å². The average molecular weight is 383 g/mol. The molecule has 9 nitrogen and oxygen atoms in total. The lowest BCUT2D eigenvalue weighted by atomic mass is 10.3. The van der Waals surface area contributed by atoms with Crippen molar-refractivity contribution < 1.29 is 5.11 Å². The second-order valence-corrected chi connectivity index (χ2v) is 6.95. The number of aromatic amines is 1. The molecule has 0 aromatic carbocycles. The van der Waals surface area contributed by atoms with E-state index in [4.69, 9.17) is 16.7 Å². The molecule has 0 aliphatic carbocycles. The van der Waals surface area contributed by atoms with Crippen molar-refractivity contribution in [2.75, 3.05) is 44.2 Å². The number of piperazine rings is 1. The second-order valence-electron chi connectivity index (χ2n) is 6.36. The van der Waals surface area contributed by atoms with Crippen molar-refractivity contribution in [1.82, 2.24) is 24.0 Å². The van der Waals surface area contributed by atoms with Crippen LogP contribution in [0.4, 0.5) is 5.95 Å². The standard InChI is InChI=1S/C16H23ClN6O3/c1-11(17)3-4-23-12-13(20(2)16(26)19-14(12)25)18-15(23)22-7-5-21(6-8-22)9-10-24/h3,24H,4-10H2,1-2H3,(H,19,25,26)/b11-3-. The van der Waals surface area contributed by atoms with Gasteiger partial charge >= 0.3 is 5.69 Å². The van der Waals surface area contributed by atoms with Crippen LogP contribution < -0.4 is 16.1 Å². The molecule has 0 amide bonds. The van der Waals surface area contributed by atoms with Gasteiger partial charge in [0.05, 0.1) is 6.61 Å². The number of aryl methyl sites for hydroxylation is 1. The maximum Gasteiger partial charge on any atom is 0.329 e. The Morgan fingerprint density at radius 1 is 1.31 bits per heavy atom. The predicted molar refractivity (Wildman–Crippen MR) is 101 cm³/mol. The zero-order valence-corrected chi connectivity index (χ0v) is 15.7. The maximum absolute atomic E-state index is 12.4. The summed E-state index contributed by atoms with van der Waals surface area (Å²) in [6.45, 7) is 5.97. The van der Waals surface area contributed by atoms with Gasteiger partial charge in [-0.2, -0.15) is 4.98 Å². The summed E-state index contributed by atoms with van der Waals surface area (Å²) in [6, 6.07) is 0. The van der Waals surface area contributed by atoms with Crippen LogP contribution in [0.1, 0.15) is 6.92 Å². The number of H-pyrrole nitrogens is 1. The fourth-order valence-electron chi connectivity index (χ4n) is 3.17. The molecular formula is C16H23ClN6O3. The van der Waals surface area contributed by atoms with Crippen molar-refractivity contribution in [1.29, 1.82) is 0 Å². The predicted octanol–water partition coefficient (Wildman–Crippen LogP) is -0.320. The van der Waals surface area contributed by atoms with Crippen LogP contribution in [0.2, 0.25) is 0 Å². The van der Waals surface area contributed by atoms with Crippen molar-refractivity contribution in [2.45, 2.75) is 13.5 Å². The molecule has 2 aromatic heterocycles. The summed E-state index contributed by atoms with van der Waals surface area (Å²) in [4.78, 5) is 35.5. The minimum absolute atomic E-state index is 0.135. The van der Waals surface area contributed by atoms with Gasteiger partial charge in [0.1, 0.15) is 0 Å². The van der Waals surface area contributed by atoms with E-state index in [-0.39, 0.29) is 6.61 Å². The quantitative estimate of drug-likeness (QED) is 0.735. The summed E-state index contributed by atoms with van der Waals surface area (Å²) in [5.41, 5.74) is -0.238. The number of allylic oxidation sites excluding steroid dienone is 2. The van der Waals surface area contributed by atoms with Gasteiger partial charge < -0.3 is 14.6 Å². The molecular weight excluding hydrogens is 360 g/mol. The van der Waals surface area contributed by atoms with Crippen LogP contribution in [-0.4, -0.2) is 68.4 Å². The summed E-state index contributed by atoms with van der Waals surface area (Å²) in [5.74, 6) is 0.643. The molecule has 0 radical (unpaired) electrons. The van der Waals surface area contributed by atoms with Crippen molar-refractivity contribution in [3.8, 4) is 0 Å². The third-order valence-corrected chi connectivity index (χ3v) is 4.77. The number of imidazole rings is 1. The first-order chi connectivity index (χ1) is 12.4. The van der Waals surface area contributed by atoms with Crippen LogP contribution in [-0.2, 0) is 13.6 Å². The molecule has 1 fully saturated rings. The Morgan fingerprint density at radius 3 is 2.62 bits per heavy atom. The third-order valence-electron chi connectivity index (χ3n) is 4.61. The number of fused-ring (bicyclic) bond motifs is 1. The molecule has 0 unspecified atom stereocenters. The van der Waals surface area contributed by atoms with Crippen molar-refractivity contribution in [3.63, 3.8) is 0 Å². The minimum Gasteiger partial charge on any atom is -0.395 e. The molecule has 1 aliphatic rings. The lowest BCUT2D eigenvalue weighted by Gasteiger charge is -2.35. The van der Waals surface area contributed by atoms with Crippen molar-refractivity contribution in [2.24, 2.45) is 7.05 Å². The molecule has 10 heteroatoms. The Morgan fingerprint density at radius 2 is 2.00 bits per heavy atom. The highest BCUT2D eigenvalue weighted by atomic mass is 35.5. The topological polar surface area (TPSA) is 99.4 Å². The highest BCUT2D eigenvalue weighted by Gasteiger charge is 2.24. The Kier molecular flexibility index (Phi) is 5.49. The van der Waals surface area contributed by atoms with E-state index in [0.717, 1.165) is 26.2 Å². The zero-order chi connectivity index (χ0) is 18.8.